The Bertz CT molecular complexity index is 520. The van der Waals surface area contributed by atoms with Crippen molar-refractivity contribution < 1.29 is 9.47 Å². The number of hydrogen-bond acceptors (Lipinski definition) is 4. The Hall–Kier alpha value is -1.62. The molecule has 0 bridgehead atoms. The first-order valence-corrected chi connectivity index (χ1v) is 6.45. The van der Waals surface area contributed by atoms with Crippen LogP contribution in [0.1, 0.15) is 13.3 Å². The van der Waals surface area contributed by atoms with Gasteiger partial charge < -0.3 is 9.47 Å². The number of aromatic nitrogens is 2. The molecule has 94 valence electrons. The van der Waals surface area contributed by atoms with E-state index in [0.29, 0.717) is 28.5 Å². The van der Waals surface area contributed by atoms with Crippen LogP contribution in [0.2, 0.25) is 0 Å². The number of para-hydroxylation sites is 2. The highest BCUT2D eigenvalue weighted by Gasteiger charge is 2.08. The van der Waals surface area contributed by atoms with Crippen molar-refractivity contribution in [3.63, 3.8) is 0 Å². The summed E-state index contributed by atoms with van der Waals surface area (Å²) in [4.78, 5) is 7.95. The summed E-state index contributed by atoms with van der Waals surface area (Å²) in [6.45, 7) is 2.72. The molecule has 0 spiro atoms. The molecule has 0 aliphatic rings. The van der Waals surface area contributed by atoms with Crippen LogP contribution in [0.3, 0.4) is 0 Å². The van der Waals surface area contributed by atoms with Crippen molar-refractivity contribution >= 4 is 15.9 Å². The maximum absolute atomic E-state index is 5.71. The molecule has 0 atom stereocenters. The smallest absolute Gasteiger partial charge is 0.236 e. The van der Waals surface area contributed by atoms with E-state index in [1.165, 1.54) is 6.33 Å². The van der Waals surface area contributed by atoms with Crippen molar-refractivity contribution in [2.24, 2.45) is 0 Å². The largest absolute Gasteiger partial charge is 0.490 e. The van der Waals surface area contributed by atoms with Gasteiger partial charge in [0, 0.05) is 6.20 Å². The Labute approximate surface area is 114 Å². The van der Waals surface area contributed by atoms with E-state index < -0.39 is 0 Å². The molecule has 18 heavy (non-hydrogen) atoms. The quantitative estimate of drug-likeness (QED) is 0.842. The maximum Gasteiger partial charge on any atom is 0.236 e. The van der Waals surface area contributed by atoms with Crippen LogP contribution in [0.4, 0.5) is 0 Å². The molecule has 2 rings (SSSR count). The molecule has 1 aromatic heterocycles. The van der Waals surface area contributed by atoms with Crippen molar-refractivity contribution in [1.29, 1.82) is 0 Å². The zero-order valence-electron chi connectivity index (χ0n) is 9.97. The highest BCUT2D eigenvalue weighted by Crippen LogP contribution is 2.33. The fourth-order valence-corrected chi connectivity index (χ4v) is 1.65. The van der Waals surface area contributed by atoms with E-state index in [2.05, 4.69) is 32.8 Å². The molecule has 0 fully saturated rings. The lowest BCUT2D eigenvalue weighted by Gasteiger charge is -2.11. The van der Waals surface area contributed by atoms with Gasteiger partial charge in [0.1, 0.15) is 6.33 Å². The first-order chi connectivity index (χ1) is 8.81. The highest BCUT2D eigenvalue weighted by atomic mass is 79.9. The van der Waals surface area contributed by atoms with Crippen LogP contribution in [0.5, 0.6) is 17.4 Å². The summed E-state index contributed by atoms with van der Waals surface area (Å²) in [6.07, 6.45) is 4.03. The first-order valence-electron chi connectivity index (χ1n) is 5.66. The summed E-state index contributed by atoms with van der Waals surface area (Å²) < 4.78 is 12.0. The van der Waals surface area contributed by atoms with Gasteiger partial charge in [-0.05, 0) is 34.5 Å². The van der Waals surface area contributed by atoms with Gasteiger partial charge >= 0.3 is 0 Å². The third-order valence-electron chi connectivity index (χ3n) is 2.15. The lowest BCUT2D eigenvalue weighted by molar-refractivity contribution is 0.300. The van der Waals surface area contributed by atoms with Crippen LogP contribution in [0.25, 0.3) is 0 Å². The lowest BCUT2D eigenvalue weighted by atomic mass is 10.3. The second-order valence-corrected chi connectivity index (χ2v) is 4.43. The van der Waals surface area contributed by atoms with Crippen LogP contribution < -0.4 is 9.47 Å². The molecule has 1 heterocycles. The van der Waals surface area contributed by atoms with Gasteiger partial charge in [0.05, 0.1) is 11.1 Å². The fourth-order valence-electron chi connectivity index (χ4n) is 1.35. The van der Waals surface area contributed by atoms with Crippen LogP contribution >= 0.6 is 15.9 Å². The van der Waals surface area contributed by atoms with Crippen molar-refractivity contribution in [1.82, 2.24) is 9.97 Å². The average molecular weight is 309 g/mol. The van der Waals surface area contributed by atoms with Gasteiger partial charge in [-0.1, -0.05) is 19.1 Å². The van der Waals surface area contributed by atoms with E-state index in [0.717, 1.165) is 6.42 Å². The molecule has 0 aliphatic carbocycles. The predicted molar refractivity (Wildman–Crippen MR) is 72.0 cm³/mol. The molecule has 0 unspecified atom stereocenters. The third-order valence-corrected chi connectivity index (χ3v) is 2.70. The van der Waals surface area contributed by atoms with Gasteiger partial charge in [-0.2, -0.15) is 0 Å². The SMILES string of the molecule is CCCOc1ccccc1Oc1ncncc1Br. The average Bonchev–Trinajstić information content (AvgIpc) is 2.40. The number of hydrogen-bond donors (Lipinski definition) is 0. The van der Waals surface area contributed by atoms with Crippen LogP contribution in [-0.2, 0) is 0 Å². The molecule has 0 N–H and O–H groups in total. The Kier molecular flexibility index (Phi) is 4.52. The molecule has 5 heteroatoms. The number of halogens is 1. The van der Waals surface area contributed by atoms with Crippen LogP contribution in [0.15, 0.2) is 41.3 Å². The Morgan fingerprint density at radius 3 is 2.72 bits per heavy atom. The van der Waals surface area contributed by atoms with E-state index in [-0.39, 0.29) is 0 Å². The standard InChI is InChI=1S/C13H13BrN2O2/c1-2-7-17-11-5-3-4-6-12(11)18-13-10(14)8-15-9-16-13/h3-6,8-9H,2,7H2,1H3. The Morgan fingerprint density at radius 1 is 1.22 bits per heavy atom. The van der Waals surface area contributed by atoms with E-state index in [1.807, 2.05) is 24.3 Å². The number of rotatable bonds is 5. The number of ether oxygens (including phenoxy) is 2. The minimum absolute atomic E-state index is 0.470. The third kappa shape index (κ3) is 3.20. The summed E-state index contributed by atoms with van der Waals surface area (Å²) in [6, 6.07) is 7.52. The van der Waals surface area contributed by atoms with Crippen molar-refractivity contribution in [2.75, 3.05) is 6.61 Å². The molecule has 0 saturated heterocycles. The normalized spacial score (nSPS) is 10.1. The second-order valence-electron chi connectivity index (χ2n) is 3.57. The summed E-state index contributed by atoms with van der Waals surface area (Å²) in [7, 11) is 0. The number of benzene rings is 1. The molecule has 1 aromatic carbocycles. The van der Waals surface area contributed by atoms with E-state index >= 15 is 0 Å². The van der Waals surface area contributed by atoms with Gasteiger partial charge in [-0.15, -0.1) is 0 Å². The predicted octanol–water partition coefficient (Wildman–Crippen LogP) is 3.82. The minimum atomic E-state index is 0.470. The Morgan fingerprint density at radius 2 is 2.00 bits per heavy atom. The Balaban J connectivity index is 2.21. The summed E-state index contributed by atoms with van der Waals surface area (Å²) >= 11 is 3.34. The molecule has 0 amide bonds. The molecule has 0 aliphatic heterocycles. The van der Waals surface area contributed by atoms with Crippen molar-refractivity contribution in [2.45, 2.75) is 13.3 Å². The first kappa shape index (κ1) is 12.8. The van der Waals surface area contributed by atoms with Crippen LogP contribution in [0, 0.1) is 0 Å². The zero-order chi connectivity index (χ0) is 12.8. The van der Waals surface area contributed by atoms with Gasteiger partial charge in [0.25, 0.3) is 0 Å². The fraction of sp³-hybridized carbons (Fsp3) is 0.231. The summed E-state index contributed by atoms with van der Waals surface area (Å²) in [5, 5.41) is 0. The second kappa shape index (κ2) is 6.35. The van der Waals surface area contributed by atoms with Gasteiger partial charge in [-0.25, -0.2) is 9.97 Å². The van der Waals surface area contributed by atoms with Gasteiger partial charge in [-0.3, -0.25) is 0 Å². The molecule has 0 saturated carbocycles. The zero-order valence-corrected chi connectivity index (χ0v) is 11.6. The van der Waals surface area contributed by atoms with E-state index in [1.54, 1.807) is 6.20 Å². The minimum Gasteiger partial charge on any atom is -0.490 e. The van der Waals surface area contributed by atoms with Gasteiger partial charge in [0.15, 0.2) is 11.5 Å². The number of nitrogens with zero attached hydrogens (tertiary/aromatic N) is 2. The molecular formula is C13H13BrN2O2. The van der Waals surface area contributed by atoms with E-state index in [4.69, 9.17) is 9.47 Å². The maximum atomic E-state index is 5.71. The molecular weight excluding hydrogens is 296 g/mol. The highest BCUT2D eigenvalue weighted by molar-refractivity contribution is 9.10. The summed E-state index contributed by atoms with van der Waals surface area (Å²) in [5.74, 6) is 1.83. The lowest BCUT2D eigenvalue weighted by Crippen LogP contribution is -1.98. The van der Waals surface area contributed by atoms with Gasteiger partial charge in [0.2, 0.25) is 5.88 Å². The molecule has 0 radical (unpaired) electrons. The van der Waals surface area contributed by atoms with Crippen molar-refractivity contribution in [3.8, 4) is 17.4 Å². The molecule has 2 aromatic rings. The van der Waals surface area contributed by atoms with E-state index in [9.17, 15) is 0 Å². The topological polar surface area (TPSA) is 44.2 Å². The molecule has 4 nitrogen and oxygen atoms in total. The monoisotopic (exact) mass is 308 g/mol. The van der Waals surface area contributed by atoms with Crippen molar-refractivity contribution in [3.05, 3.63) is 41.3 Å². The summed E-state index contributed by atoms with van der Waals surface area (Å²) in [5.41, 5.74) is 0. The van der Waals surface area contributed by atoms with Crippen LogP contribution in [-0.4, -0.2) is 16.6 Å².